The summed E-state index contributed by atoms with van der Waals surface area (Å²) in [6, 6.07) is 18.1. The quantitative estimate of drug-likeness (QED) is 0.286. The summed E-state index contributed by atoms with van der Waals surface area (Å²) in [7, 11) is -4.14. The van der Waals surface area contributed by atoms with Crippen LogP contribution < -0.4 is 4.90 Å². The van der Waals surface area contributed by atoms with Gasteiger partial charge in [-0.3, -0.25) is 9.59 Å². The zero-order valence-electron chi connectivity index (χ0n) is 20.3. The van der Waals surface area contributed by atoms with E-state index in [2.05, 4.69) is 15.9 Å². The highest BCUT2D eigenvalue weighted by atomic mass is 79.9. The number of carbonyl (C=O) groups is 3. The fourth-order valence-corrected chi connectivity index (χ4v) is 5.89. The average molecular weight is 585 g/mol. The van der Waals surface area contributed by atoms with E-state index in [-0.39, 0.29) is 35.7 Å². The minimum absolute atomic E-state index is 0.0142. The van der Waals surface area contributed by atoms with E-state index >= 15 is 0 Å². The third kappa shape index (κ3) is 5.66. The van der Waals surface area contributed by atoms with Crippen molar-refractivity contribution in [2.75, 3.05) is 11.5 Å². The standard InChI is InChI=1S/C27H25BrN2O6S/c1-3-36-27(33)20-8-12-22(13-9-20)30-25(31)16-24(26(30)32)29(17-19-6-4-18(2)5-7-19)37(34,35)23-14-10-21(28)11-15-23/h4-15,24H,3,16-17H2,1-2H3. The molecule has 0 bridgehead atoms. The summed E-state index contributed by atoms with van der Waals surface area (Å²) in [4.78, 5) is 39.5. The van der Waals surface area contributed by atoms with Crippen molar-refractivity contribution < 1.29 is 27.5 Å². The molecule has 1 heterocycles. The Balaban J connectivity index is 1.69. The van der Waals surface area contributed by atoms with Gasteiger partial charge in [-0.25, -0.2) is 18.1 Å². The predicted molar refractivity (Wildman–Crippen MR) is 141 cm³/mol. The average Bonchev–Trinajstić information content (AvgIpc) is 3.17. The summed E-state index contributed by atoms with van der Waals surface area (Å²) in [6.45, 7) is 3.75. The van der Waals surface area contributed by atoms with E-state index in [0.717, 1.165) is 14.8 Å². The number of amides is 2. The third-order valence-corrected chi connectivity index (χ3v) is 8.38. The van der Waals surface area contributed by atoms with Crippen LogP contribution in [0.1, 0.15) is 34.8 Å². The summed E-state index contributed by atoms with van der Waals surface area (Å²) < 4.78 is 34.3. The Morgan fingerprint density at radius 3 is 2.22 bits per heavy atom. The number of carbonyl (C=O) groups excluding carboxylic acids is 3. The van der Waals surface area contributed by atoms with E-state index in [1.165, 1.54) is 36.4 Å². The lowest BCUT2D eigenvalue weighted by Gasteiger charge is -2.27. The number of anilines is 1. The van der Waals surface area contributed by atoms with Crippen LogP contribution in [0, 0.1) is 6.92 Å². The highest BCUT2D eigenvalue weighted by Gasteiger charge is 2.47. The predicted octanol–water partition coefficient (Wildman–Crippen LogP) is 4.46. The van der Waals surface area contributed by atoms with Crippen LogP contribution in [0.3, 0.4) is 0 Å². The number of hydrogen-bond acceptors (Lipinski definition) is 6. The first-order valence-corrected chi connectivity index (χ1v) is 13.8. The minimum Gasteiger partial charge on any atom is -0.462 e. The molecular formula is C27H25BrN2O6S. The van der Waals surface area contributed by atoms with E-state index in [1.54, 1.807) is 31.2 Å². The van der Waals surface area contributed by atoms with Gasteiger partial charge in [0.15, 0.2) is 0 Å². The van der Waals surface area contributed by atoms with E-state index < -0.39 is 33.8 Å². The highest BCUT2D eigenvalue weighted by Crippen LogP contribution is 2.31. The number of esters is 1. The molecule has 4 rings (SSSR count). The summed E-state index contributed by atoms with van der Waals surface area (Å²) in [5, 5.41) is 0. The van der Waals surface area contributed by atoms with E-state index in [1.807, 2.05) is 19.1 Å². The Labute approximate surface area is 224 Å². The Morgan fingerprint density at radius 2 is 1.62 bits per heavy atom. The van der Waals surface area contributed by atoms with E-state index in [4.69, 9.17) is 4.74 Å². The summed E-state index contributed by atoms with van der Waals surface area (Å²) in [6.07, 6.45) is -0.305. The van der Waals surface area contributed by atoms with Gasteiger partial charge in [-0.2, -0.15) is 4.31 Å². The maximum atomic E-state index is 13.8. The van der Waals surface area contributed by atoms with Crippen LogP contribution in [-0.2, 0) is 30.9 Å². The molecule has 1 aliphatic rings. The monoisotopic (exact) mass is 584 g/mol. The Morgan fingerprint density at radius 1 is 1.00 bits per heavy atom. The van der Waals surface area contributed by atoms with Crippen molar-refractivity contribution in [2.24, 2.45) is 0 Å². The third-order valence-electron chi connectivity index (χ3n) is 5.99. The van der Waals surface area contributed by atoms with E-state index in [9.17, 15) is 22.8 Å². The van der Waals surface area contributed by atoms with Crippen LogP contribution >= 0.6 is 15.9 Å². The van der Waals surface area contributed by atoms with Crippen LogP contribution in [0.15, 0.2) is 82.2 Å². The minimum atomic E-state index is -4.14. The Hall–Kier alpha value is -3.34. The summed E-state index contributed by atoms with van der Waals surface area (Å²) in [5.74, 6) is -1.70. The number of hydrogen-bond donors (Lipinski definition) is 0. The molecule has 1 unspecified atom stereocenters. The zero-order valence-corrected chi connectivity index (χ0v) is 22.7. The maximum Gasteiger partial charge on any atom is 0.338 e. The van der Waals surface area contributed by atoms with Crippen LogP contribution in [0.4, 0.5) is 5.69 Å². The first-order chi connectivity index (χ1) is 17.6. The van der Waals surface area contributed by atoms with Crippen LogP contribution in [0.25, 0.3) is 0 Å². The molecule has 3 aromatic rings. The Bertz CT molecular complexity index is 1420. The topological polar surface area (TPSA) is 101 Å². The van der Waals surface area contributed by atoms with Crippen LogP contribution in [0.5, 0.6) is 0 Å². The molecule has 192 valence electrons. The smallest absolute Gasteiger partial charge is 0.338 e. The van der Waals surface area contributed by atoms with Gasteiger partial charge in [0, 0.05) is 11.0 Å². The first kappa shape index (κ1) is 26.7. The second-order valence-corrected chi connectivity index (χ2v) is 11.4. The molecule has 8 nitrogen and oxygen atoms in total. The number of ether oxygens (including phenoxy) is 1. The van der Waals surface area contributed by atoms with Crippen molar-refractivity contribution in [2.45, 2.75) is 37.8 Å². The van der Waals surface area contributed by atoms with Gasteiger partial charge in [0.1, 0.15) is 6.04 Å². The van der Waals surface area contributed by atoms with Crippen molar-refractivity contribution in [1.29, 1.82) is 0 Å². The van der Waals surface area contributed by atoms with Gasteiger partial charge in [0.2, 0.25) is 15.9 Å². The lowest BCUT2D eigenvalue weighted by Crippen LogP contribution is -2.45. The molecule has 37 heavy (non-hydrogen) atoms. The maximum absolute atomic E-state index is 13.8. The molecule has 3 aromatic carbocycles. The molecule has 1 saturated heterocycles. The number of sulfonamides is 1. The summed E-state index contributed by atoms with van der Waals surface area (Å²) >= 11 is 3.31. The molecule has 2 amide bonds. The molecule has 0 radical (unpaired) electrons. The lowest BCUT2D eigenvalue weighted by molar-refractivity contribution is -0.122. The molecule has 0 saturated carbocycles. The van der Waals surface area contributed by atoms with Crippen molar-refractivity contribution in [3.8, 4) is 0 Å². The fraction of sp³-hybridized carbons (Fsp3) is 0.222. The van der Waals surface area contributed by atoms with Gasteiger partial charge in [-0.1, -0.05) is 45.8 Å². The number of aryl methyl sites for hydroxylation is 1. The van der Waals surface area contributed by atoms with Gasteiger partial charge in [-0.15, -0.1) is 0 Å². The number of halogens is 1. The normalized spacial score (nSPS) is 15.9. The molecule has 10 heteroatoms. The number of nitrogens with zero attached hydrogens (tertiary/aromatic N) is 2. The van der Waals surface area contributed by atoms with Crippen molar-refractivity contribution >= 4 is 49.4 Å². The van der Waals surface area contributed by atoms with Crippen LogP contribution in [-0.4, -0.2) is 43.2 Å². The van der Waals surface area contributed by atoms with Gasteiger partial charge in [-0.05, 0) is 67.9 Å². The summed E-state index contributed by atoms with van der Waals surface area (Å²) in [5.41, 5.74) is 2.22. The largest absolute Gasteiger partial charge is 0.462 e. The second kappa shape index (κ2) is 11.0. The molecule has 1 fully saturated rings. The molecule has 0 N–H and O–H groups in total. The molecule has 0 spiro atoms. The Kier molecular flexibility index (Phi) is 7.91. The lowest BCUT2D eigenvalue weighted by atomic mass is 10.1. The van der Waals surface area contributed by atoms with E-state index in [0.29, 0.717) is 10.0 Å². The number of imide groups is 1. The van der Waals surface area contributed by atoms with Gasteiger partial charge < -0.3 is 4.74 Å². The SMILES string of the molecule is CCOC(=O)c1ccc(N2C(=O)CC(N(Cc3ccc(C)cc3)S(=O)(=O)c3ccc(Br)cc3)C2=O)cc1. The molecule has 0 aliphatic carbocycles. The van der Waals surface area contributed by atoms with Crippen LogP contribution in [0.2, 0.25) is 0 Å². The highest BCUT2D eigenvalue weighted by molar-refractivity contribution is 9.10. The first-order valence-electron chi connectivity index (χ1n) is 11.6. The van der Waals surface area contributed by atoms with Gasteiger partial charge in [0.25, 0.3) is 5.91 Å². The van der Waals surface area contributed by atoms with Gasteiger partial charge in [0.05, 0.1) is 29.2 Å². The molecule has 0 aromatic heterocycles. The number of rotatable bonds is 8. The number of benzene rings is 3. The molecule has 1 atom stereocenters. The fourth-order valence-electron chi connectivity index (χ4n) is 4.05. The molecular weight excluding hydrogens is 560 g/mol. The zero-order chi connectivity index (χ0) is 26.7. The van der Waals surface area contributed by atoms with Crippen molar-refractivity contribution in [3.63, 3.8) is 0 Å². The van der Waals surface area contributed by atoms with Crippen molar-refractivity contribution in [3.05, 3.63) is 94.0 Å². The van der Waals surface area contributed by atoms with Crippen molar-refractivity contribution in [1.82, 2.24) is 4.31 Å². The van der Waals surface area contributed by atoms with Gasteiger partial charge >= 0.3 is 5.97 Å². The second-order valence-electron chi connectivity index (χ2n) is 8.54. The molecule has 1 aliphatic heterocycles.